The van der Waals surface area contributed by atoms with Crippen molar-refractivity contribution in [2.45, 2.75) is 0 Å². The summed E-state index contributed by atoms with van der Waals surface area (Å²) in [4.78, 5) is 0. The van der Waals surface area contributed by atoms with Crippen LogP contribution in [0.2, 0.25) is 0 Å². The Labute approximate surface area is 126 Å². The number of hydrogen-bond acceptors (Lipinski definition) is 2. The van der Waals surface area contributed by atoms with E-state index in [-0.39, 0.29) is 5.82 Å². The Morgan fingerprint density at radius 3 is 2.35 bits per heavy atom. The lowest BCUT2D eigenvalue weighted by Gasteiger charge is -2.09. The van der Waals surface area contributed by atoms with Crippen molar-refractivity contribution >= 4 is 50.9 Å². The second kappa shape index (κ2) is 5.38. The number of nitrogen functional groups attached to an aromatic ring is 1. The van der Waals surface area contributed by atoms with Crippen molar-refractivity contribution in [1.82, 2.24) is 0 Å². The van der Waals surface area contributed by atoms with Crippen LogP contribution >= 0.6 is 45.2 Å². The van der Waals surface area contributed by atoms with Crippen LogP contribution in [-0.2, 0) is 0 Å². The summed E-state index contributed by atoms with van der Waals surface area (Å²) in [6.07, 6.45) is 0. The van der Waals surface area contributed by atoms with Crippen LogP contribution < -0.4 is 10.5 Å². The Hall–Kier alpha value is -0.570. The molecule has 0 aliphatic rings. The molecule has 0 saturated carbocycles. The van der Waals surface area contributed by atoms with Crippen molar-refractivity contribution < 1.29 is 9.13 Å². The maximum absolute atomic E-state index is 13.4. The minimum Gasteiger partial charge on any atom is -0.455 e. The van der Waals surface area contributed by atoms with Gasteiger partial charge < -0.3 is 10.5 Å². The average Bonchev–Trinajstić information content (AvgIpc) is 2.29. The van der Waals surface area contributed by atoms with Gasteiger partial charge in [0.1, 0.15) is 11.6 Å². The Morgan fingerprint density at radius 1 is 1.06 bits per heavy atom. The van der Waals surface area contributed by atoms with Crippen molar-refractivity contribution in [1.29, 1.82) is 0 Å². The van der Waals surface area contributed by atoms with E-state index in [9.17, 15) is 4.39 Å². The zero-order chi connectivity index (χ0) is 12.4. The quantitative estimate of drug-likeness (QED) is 0.539. The lowest BCUT2D eigenvalue weighted by molar-refractivity contribution is 0.478. The number of anilines is 1. The van der Waals surface area contributed by atoms with E-state index in [1.165, 1.54) is 6.07 Å². The second-order valence-electron chi connectivity index (χ2n) is 3.36. The van der Waals surface area contributed by atoms with Gasteiger partial charge in [0.25, 0.3) is 0 Å². The molecule has 0 radical (unpaired) electrons. The lowest BCUT2D eigenvalue weighted by atomic mass is 10.3. The summed E-state index contributed by atoms with van der Waals surface area (Å²) < 4.78 is 20.5. The normalized spacial score (nSPS) is 10.3. The van der Waals surface area contributed by atoms with Crippen molar-refractivity contribution in [3.63, 3.8) is 0 Å². The standard InChI is InChI=1S/C12H8FI2NO/c13-9-5-12(11(16)6-10(9)15)17-8-3-1-7(14)2-4-8/h1-6H,16H2. The molecule has 0 amide bonds. The molecule has 2 rings (SSSR count). The van der Waals surface area contributed by atoms with Gasteiger partial charge in [-0.3, -0.25) is 0 Å². The molecule has 0 fully saturated rings. The van der Waals surface area contributed by atoms with Crippen LogP contribution in [0.5, 0.6) is 11.5 Å². The fourth-order valence-corrected chi connectivity index (χ4v) is 2.11. The molecule has 2 aromatic rings. The van der Waals surface area contributed by atoms with Crippen molar-refractivity contribution in [3.8, 4) is 11.5 Å². The van der Waals surface area contributed by atoms with Gasteiger partial charge in [-0.1, -0.05) is 0 Å². The summed E-state index contributed by atoms with van der Waals surface area (Å²) in [7, 11) is 0. The zero-order valence-electron chi connectivity index (χ0n) is 8.58. The van der Waals surface area contributed by atoms with Crippen LogP contribution in [0.15, 0.2) is 36.4 Å². The average molecular weight is 455 g/mol. The molecule has 5 heteroatoms. The van der Waals surface area contributed by atoms with Crippen molar-refractivity contribution in [2.24, 2.45) is 0 Å². The van der Waals surface area contributed by atoms with Gasteiger partial charge in [0.2, 0.25) is 0 Å². The molecule has 17 heavy (non-hydrogen) atoms. The Morgan fingerprint density at radius 2 is 1.71 bits per heavy atom. The summed E-state index contributed by atoms with van der Waals surface area (Å²) >= 11 is 4.09. The topological polar surface area (TPSA) is 35.2 Å². The fraction of sp³-hybridized carbons (Fsp3) is 0. The molecule has 0 atom stereocenters. The summed E-state index contributed by atoms with van der Waals surface area (Å²) in [5, 5.41) is 0. The van der Waals surface area contributed by atoms with Gasteiger partial charge in [-0.15, -0.1) is 0 Å². The molecule has 0 bridgehead atoms. The van der Waals surface area contributed by atoms with Crippen molar-refractivity contribution in [2.75, 3.05) is 5.73 Å². The van der Waals surface area contributed by atoms with Gasteiger partial charge in [-0.2, -0.15) is 0 Å². The van der Waals surface area contributed by atoms with E-state index < -0.39 is 0 Å². The SMILES string of the molecule is Nc1cc(I)c(F)cc1Oc1ccc(I)cc1. The molecule has 0 aliphatic carbocycles. The van der Waals surface area contributed by atoms with E-state index >= 15 is 0 Å². The minimum absolute atomic E-state index is 0.333. The first-order chi connectivity index (χ1) is 8.06. The highest BCUT2D eigenvalue weighted by molar-refractivity contribution is 14.1. The summed E-state index contributed by atoms with van der Waals surface area (Å²) in [6.45, 7) is 0. The van der Waals surface area contributed by atoms with Crippen LogP contribution in [0.3, 0.4) is 0 Å². The first kappa shape index (κ1) is 12.9. The Balaban J connectivity index is 2.30. The van der Waals surface area contributed by atoms with E-state index in [0.717, 1.165) is 3.57 Å². The highest BCUT2D eigenvalue weighted by Gasteiger charge is 2.07. The van der Waals surface area contributed by atoms with E-state index in [1.54, 1.807) is 6.07 Å². The highest BCUT2D eigenvalue weighted by atomic mass is 127. The predicted octanol–water partition coefficient (Wildman–Crippen LogP) is 4.41. The monoisotopic (exact) mass is 455 g/mol. The molecule has 0 aliphatic heterocycles. The van der Waals surface area contributed by atoms with Gasteiger partial charge in [-0.05, 0) is 75.5 Å². The third kappa shape index (κ3) is 3.21. The Bertz CT molecular complexity index is 543. The third-order valence-electron chi connectivity index (χ3n) is 2.09. The van der Waals surface area contributed by atoms with Crippen LogP contribution in [0.4, 0.5) is 10.1 Å². The summed E-state index contributed by atoms with van der Waals surface area (Å²) in [5.74, 6) is 0.641. The van der Waals surface area contributed by atoms with E-state index in [4.69, 9.17) is 10.5 Å². The van der Waals surface area contributed by atoms with Gasteiger partial charge in [0.05, 0.1) is 9.26 Å². The maximum Gasteiger partial charge on any atom is 0.153 e. The maximum atomic E-state index is 13.4. The zero-order valence-corrected chi connectivity index (χ0v) is 12.9. The number of ether oxygens (including phenoxy) is 1. The van der Waals surface area contributed by atoms with Gasteiger partial charge in [0, 0.05) is 9.64 Å². The summed E-state index contributed by atoms with van der Waals surface area (Å²) in [6, 6.07) is 10.3. The number of nitrogens with two attached hydrogens (primary N) is 1. The van der Waals surface area contributed by atoms with Crippen LogP contribution in [0.1, 0.15) is 0 Å². The molecule has 0 aromatic heterocycles. The molecule has 0 spiro atoms. The number of hydrogen-bond donors (Lipinski definition) is 1. The lowest BCUT2D eigenvalue weighted by Crippen LogP contribution is -1.95. The van der Waals surface area contributed by atoms with E-state index in [2.05, 4.69) is 22.6 Å². The van der Waals surface area contributed by atoms with Gasteiger partial charge in [-0.25, -0.2) is 4.39 Å². The van der Waals surface area contributed by atoms with Crippen molar-refractivity contribution in [3.05, 3.63) is 49.4 Å². The van der Waals surface area contributed by atoms with E-state index in [0.29, 0.717) is 20.8 Å². The van der Waals surface area contributed by atoms with E-state index in [1.807, 2.05) is 46.9 Å². The highest BCUT2D eigenvalue weighted by Crippen LogP contribution is 2.30. The molecule has 0 heterocycles. The predicted molar refractivity (Wildman–Crippen MR) is 82.8 cm³/mol. The second-order valence-corrected chi connectivity index (χ2v) is 5.77. The largest absolute Gasteiger partial charge is 0.455 e. The third-order valence-corrected chi connectivity index (χ3v) is 3.64. The molecule has 0 saturated heterocycles. The number of halogens is 3. The Kier molecular flexibility index (Phi) is 4.08. The molecule has 0 unspecified atom stereocenters. The molecular weight excluding hydrogens is 447 g/mol. The van der Waals surface area contributed by atoms with Gasteiger partial charge in [0.15, 0.2) is 5.75 Å². The fourth-order valence-electron chi connectivity index (χ4n) is 1.26. The minimum atomic E-state index is -0.333. The number of benzene rings is 2. The van der Waals surface area contributed by atoms with Crippen LogP contribution in [0.25, 0.3) is 0 Å². The summed E-state index contributed by atoms with van der Waals surface area (Å²) in [5.41, 5.74) is 6.20. The van der Waals surface area contributed by atoms with Gasteiger partial charge >= 0.3 is 0 Å². The smallest absolute Gasteiger partial charge is 0.153 e. The molecule has 2 nitrogen and oxygen atoms in total. The molecule has 2 N–H and O–H groups in total. The van der Waals surface area contributed by atoms with Crippen LogP contribution in [-0.4, -0.2) is 0 Å². The van der Waals surface area contributed by atoms with Crippen LogP contribution in [0, 0.1) is 13.0 Å². The molecule has 2 aromatic carbocycles. The first-order valence-electron chi connectivity index (χ1n) is 4.74. The number of rotatable bonds is 2. The molecule has 88 valence electrons. The molecular formula is C12H8FI2NO. The first-order valence-corrected chi connectivity index (χ1v) is 6.90.